The van der Waals surface area contributed by atoms with Crippen LogP contribution < -0.4 is 0 Å². The standard InChI is InChI=1S/C23H21FN4O3/c1-12-7-16-10-21(31-22(16)13(2)25-12)15-8-18(24)17-11-19(26-27-20(17)9-15)14-3-5-28(6-4-14)23(29)30/h7-11,14H,3-6H2,1-2H3,(H,29,30). The van der Waals surface area contributed by atoms with Crippen molar-refractivity contribution in [2.24, 2.45) is 0 Å². The number of rotatable bonds is 2. The monoisotopic (exact) mass is 420 g/mol. The van der Waals surface area contributed by atoms with Gasteiger partial charge in [-0.3, -0.25) is 4.98 Å². The van der Waals surface area contributed by atoms with Crippen molar-refractivity contribution in [3.05, 3.63) is 53.2 Å². The van der Waals surface area contributed by atoms with Crippen LogP contribution in [-0.4, -0.2) is 44.4 Å². The Balaban J connectivity index is 1.49. The minimum atomic E-state index is -0.909. The Labute approximate surface area is 177 Å². The Hall–Kier alpha value is -3.55. The maximum Gasteiger partial charge on any atom is 0.407 e. The van der Waals surface area contributed by atoms with Gasteiger partial charge in [0.25, 0.3) is 0 Å². The first-order chi connectivity index (χ1) is 14.9. The van der Waals surface area contributed by atoms with E-state index in [1.165, 1.54) is 11.0 Å². The number of aryl methyl sites for hydroxylation is 2. The lowest BCUT2D eigenvalue weighted by Crippen LogP contribution is -2.37. The van der Waals surface area contributed by atoms with Crippen molar-refractivity contribution in [1.82, 2.24) is 20.1 Å². The van der Waals surface area contributed by atoms with Gasteiger partial charge in [0.05, 0.1) is 16.9 Å². The van der Waals surface area contributed by atoms with E-state index in [0.717, 1.165) is 16.8 Å². The molecule has 0 spiro atoms. The molecule has 1 aromatic carbocycles. The number of amides is 1. The van der Waals surface area contributed by atoms with Gasteiger partial charge in [0.1, 0.15) is 11.6 Å². The first-order valence-corrected chi connectivity index (χ1v) is 10.2. The van der Waals surface area contributed by atoms with Crippen LogP contribution in [0.5, 0.6) is 0 Å². The van der Waals surface area contributed by atoms with Crippen LogP contribution in [0.25, 0.3) is 33.2 Å². The molecule has 0 radical (unpaired) electrons. The molecule has 5 rings (SSSR count). The highest BCUT2D eigenvalue weighted by atomic mass is 19.1. The molecule has 8 heteroatoms. The van der Waals surface area contributed by atoms with Gasteiger partial charge in [-0.2, -0.15) is 10.2 Å². The summed E-state index contributed by atoms with van der Waals surface area (Å²) in [7, 11) is 0. The lowest BCUT2D eigenvalue weighted by atomic mass is 9.93. The number of nitrogens with zero attached hydrogens (tertiary/aromatic N) is 4. The Kier molecular flexibility index (Phi) is 4.57. The third kappa shape index (κ3) is 3.48. The zero-order chi connectivity index (χ0) is 21.7. The van der Waals surface area contributed by atoms with Crippen LogP contribution in [0.3, 0.4) is 0 Å². The number of likely N-dealkylation sites (tertiary alicyclic amines) is 1. The van der Waals surface area contributed by atoms with Gasteiger partial charge in [0, 0.05) is 41.0 Å². The molecule has 0 saturated carbocycles. The summed E-state index contributed by atoms with van der Waals surface area (Å²) in [6, 6.07) is 8.78. The summed E-state index contributed by atoms with van der Waals surface area (Å²) in [6.07, 6.45) is 0.393. The van der Waals surface area contributed by atoms with Gasteiger partial charge >= 0.3 is 6.09 Å². The van der Waals surface area contributed by atoms with Crippen LogP contribution in [0.15, 0.2) is 34.7 Å². The Morgan fingerprint density at radius 1 is 1.13 bits per heavy atom. The highest BCUT2D eigenvalue weighted by Gasteiger charge is 2.25. The Morgan fingerprint density at radius 2 is 1.90 bits per heavy atom. The number of pyridine rings is 1. The molecule has 1 aliphatic rings. The van der Waals surface area contributed by atoms with Gasteiger partial charge < -0.3 is 14.4 Å². The summed E-state index contributed by atoms with van der Waals surface area (Å²) in [4.78, 5) is 16.9. The number of furan rings is 1. The average Bonchev–Trinajstić information content (AvgIpc) is 3.18. The quantitative estimate of drug-likeness (QED) is 0.488. The number of fused-ring (bicyclic) bond motifs is 2. The third-order valence-corrected chi connectivity index (χ3v) is 5.94. The molecule has 4 heterocycles. The van der Waals surface area contributed by atoms with Crippen molar-refractivity contribution < 1.29 is 18.7 Å². The minimum Gasteiger partial charge on any atom is -0.465 e. The molecule has 1 saturated heterocycles. The van der Waals surface area contributed by atoms with Gasteiger partial charge in [0.2, 0.25) is 0 Å². The molecular weight excluding hydrogens is 399 g/mol. The summed E-state index contributed by atoms with van der Waals surface area (Å²) in [5, 5.41) is 19.0. The van der Waals surface area contributed by atoms with E-state index >= 15 is 4.39 Å². The number of aromatic nitrogens is 3. The van der Waals surface area contributed by atoms with Crippen molar-refractivity contribution >= 4 is 28.0 Å². The summed E-state index contributed by atoms with van der Waals surface area (Å²) in [5.74, 6) is 0.233. The number of hydrogen-bond acceptors (Lipinski definition) is 5. The van der Waals surface area contributed by atoms with Crippen molar-refractivity contribution in [2.45, 2.75) is 32.6 Å². The van der Waals surface area contributed by atoms with Crippen LogP contribution in [0, 0.1) is 19.7 Å². The van der Waals surface area contributed by atoms with Crippen LogP contribution in [0.4, 0.5) is 9.18 Å². The molecule has 0 atom stereocenters. The number of halogens is 1. The molecule has 1 amide bonds. The SMILES string of the molecule is Cc1cc2cc(-c3cc(F)c4cc(C5CCN(C(=O)O)CC5)nnc4c3)oc2c(C)n1. The van der Waals surface area contributed by atoms with E-state index in [1.54, 1.807) is 12.1 Å². The molecule has 7 nitrogen and oxygen atoms in total. The van der Waals surface area contributed by atoms with Crippen LogP contribution >= 0.6 is 0 Å². The van der Waals surface area contributed by atoms with Crippen molar-refractivity contribution in [3.63, 3.8) is 0 Å². The second kappa shape index (κ2) is 7.30. The fraction of sp³-hybridized carbons (Fsp3) is 0.304. The number of piperidine rings is 1. The molecule has 31 heavy (non-hydrogen) atoms. The second-order valence-corrected chi connectivity index (χ2v) is 8.08. The molecule has 0 bridgehead atoms. The summed E-state index contributed by atoms with van der Waals surface area (Å²) in [6.45, 7) is 4.70. The fourth-order valence-electron chi connectivity index (χ4n) is 4.34. The molecule has 1 aliphatic heterocycles. The van der Waals surface area contributed by atoms with E-state index in [0.29, 0.717) is 59.4 Å². The van der Waals surface area contributed by atoms with E-state index in [-0.39, 0.29) is 5.92 Å². The van der Waals surface area contributed by atoms with Gasteiger partial charge in [-0.1, -0.05) is 0 Å². The van der Waals surface area contributed by atoms with E-state index in [2.05, 4.69) is 15.2 Å². The van der Waals surface area contributed by atoms with Crippen molar-refractivity contribution in [2.75, 3.05) is 13.1 Å². The second-order valence-electron chi connectivity index (χ2n) is 8.08. The maximum absolute atomic E-state index is 15.0. The first-order valence-electron chi connectivity index (χ1n) is 10.2. The molecule has 3 aromatic heterocycles. The molecule has 158 valence electrons. The number of carboxylic acid groups (broad SMARTS) is 1. The summed E-state index contributed by atoms with van der Waals surface area (Å²) >= 11 is 0. The van der Waals surface area contributed by atoms with Gasteiger partial charge in [0.15, 0.2) is 5.58 Å². The molecule has 4 aromatic rings. The van der Waals surface area contributed by atoms with E-state index < -0.39 is 11.9 Å². The van der Waals surface area contributed by atoms with Crippen LogP contribution in [-0.2, 0) is 0 Å². The largest absolute Gasteiger partial charge is 0.465 e. The smallest absolute Gasteiger partial charge is 0.407 e. The Bertz CT molecular complexity index is 1330. The highest BCUT2D eigenvalue weighted by molar-refractivity contribution is 5.88. The number of carbonyl (C=O) groups is 1. The van der Waals surface area contributed by atoms with Crippen LogP contribution in [0.2, 0.25) is 0 Å². The fourth-order valence-corrected chi connectivity index (χ4v) is 4.34. The zero-order valence-electron chi connectivity index (χ0n) is 17.2. The molecular formula is C23H21FN4O3. The predicted molar refractivity (Wildman–Crippen MR) is 114 cm³/mol. The normalized spacial score (nSPS) is 15.1. The average molecular weight is 420 g/mol. The van der Waals surface area contributed by atoms with E-state index in [1.807, 2.05) is 26.0 Å². The zero-order valence-corrected chi connectivity index (χ0v) is 17.2. The molecule has 0 unspecified atom stereocenters. The maximum atomic E-state index is 15.0. The topological polar surface area (TPSA) is 92.4 Å². The predicted octanol–water partition coefficient (Wildman–Crippen LogP) is 5.05. The number of benzene rings is 1. The van der Waals surface area contributed by atoms with Gasteiger partial charge in [-0.15, -0.1) is 0 Å². The third-order valence-electron chi connectivity index (χ3n) is 5.94. The number of hydrogen-bond donors (Lipinski definition) is 1. The summed E-state index contributed by atoms with van der Waals surface area (Å²) in [5.41, 5.74) is 4.12. The van der Waals surface area contributed by atoms with Crippen LogP contribution in [0.1, 0.15) is 35.8 Å². The Morgan fingerprint density at radius 3 is 2.65 bits per heavy atom. The molecule has 0 aliphatic carbocycles. The summed E-state index contributed by atoms with van der Waals surface area (Å²) < 4.78 is 21.0. The lowest BCUT2D eigenvalue weighted by molar-refractivity contribution is 0.131. The molecule has 1 fully saturated rings. The minimum absolute atomic E-state index is 0.0701. The van der Waals surface area contributed by atoms with E-state index in [9.17, 15) is 4.79 Å². The lowest BCUT2D eigenvalue weighted by Gasteiger charge is -2.29. The highest BCUT2D eigenvalue weighted by Crippen LogP contribution is 2.33. The molecule has 1 N–H and O–H groups in total. The first kappa shape index (κ1) is 19.4. The van der Waals surface area contributed by atoms with E-state index in [4.69, 9.17) is 9.52 Å². The van der Waals surface area contributed by atoms with Crippen molar-refractivity contribution in [3.8, 4) is 11.3 Å². The van der Waals surface area contributed by atoms with Crippen molar-refractivity contribution in [1.29, 1.82) is 0 Å². The van der Waals surface area contributed by atoms with Gasteiger partial charge in [-0.25, -0.2) is 9.18 Å². The van der Waals surface area contributed by atoms with Gasteiger partial charge in [-0.05, 0) is 57.0 Å².